The normalized spacial score (nSPS) is 11.8. The summed E-state index contributed by atoms with van der Waals surface area (Å²) in [6, 6.07) is 5.69. The number of Topliss-reactive ketones (excluding diaryl/α,β-unsaturated/α-hetero) is 1. The maximum Gasteiger partial charge on any atom is 0.454 e. The number of halogens is 4. The summed E-state index contributed by atoms with van der Waals surface area (Å²) < 4.78 is 36.6. The molecule has 0 aliphatic heterocycles. The van der Waals surface area contributed by atoms with Gasteiger partial charge in [-0.3, -0.25) is 9.78 Å². The topological polar surface area (TPSA) is 30.0 Å². The van der Waals surface area contributed by atoms with E-state index in [1.165, 1.54) is 18.2 Å². The predicted octanol–water partition coefficient (Wildman–Crippen LogP) is 3.63. The van der Waals surface area contributed by atoms with Gasteiger partial charge in [-0.2, -0.15) is 13.2 Å². The first-order chi connectivity index (χ1) is 7.88. The van der Waals surface area contributed by atoms with Crippen molar-refractivity contribution in [3.05, 3.63) is 41.0 Å². The third kappa shape index (κ3) is 2.39. The smallest absolute Gasteiger partial charge is 0.284 e. The van der Waals surface area contributed by atoms with Crippen molar-refractivity contribution in [2.24, 2.45) is 0 Å². The van der Waals surface area contributed by atoms with Crippen LogP contribution in [-0.2, 0) is 0 Å². The van der Waals surface area contributed by atoms with Crippen molar-refractivity contribution in [2.45, 2.75) is 6.18 Å². The molecule has 1 heterocycles. The molecule has 0 aliphatic carbocycles. The monoisotopic (exact) mass is 259 g/mol. The molecule has 0 atom stereocenters. The van der Waals surface area contributed by atoms with Crippen LogP contribution in [0.25, 0.3) is 10.9 Å². The van der Waals surface area contributed by atoms with Crippen molar-refractivity contribution in [3.63, 3.8) is 0 Å². The summed E-state index contributed by atoms with van der Waals surface area (Å²) in [5, 5.41) is 0.865. The lowest BCUT2D eigenvalue weighted by Crippen LogP contribution is -2.22. The molecule has 0 saturated carbocycles. The molecular weight excluding hydrogens is 255 g/mol. The number of hydrogen-bond acceptors (Lipinski definition) is 2. The van der Waals surface area contributed by atoms with Gasteiger partial charge in [0.25, 0.3) is 5.78 Å². The van der Waals surface area contributed by atoms with Crippen LogP contribution in [0.3, 0.4) is 0 Å². The van der Waals surface area contributed by atoms with Gasteiger partial charge in [0, 0.05) is 22.2 Å². The zero-order chi connectivity index (χ0) is 12.6. The summed E-state index contributed by atoms with van der Waals surface area (Å²) in [5.41, 5.74) is -0.0384. The minimum absolute atomic E-state index is 0.430. The predicted molar refractivity (Wildman–Crippen MR) is 57.1 cm³/mol. The van der Waals surface area contributed by atoms with Crippen LogP contribution in [-0.4, -0.2) is 16.9 Å². The highest BCUT2D eigenvalue weighted by atomic mass is 35.5. The van der Waals surface area contributed by atoms with Gasteiger partial charge in [-0.15, -0.1) is 0 Å². The second-order valence-corrected chi connectivity index (χ2v) is 3.82. The largest absolute Gasteiger partial charge is 0.454 e. The molecule has 0 aliphatic rings. The molecule has 0 fully saturated rings. The van der Waals surface area contributed by atoms with E-state index >= 15 is 0 Å². The van der Waals surface area contributed by atoms with Gasteiger partial charge in [-0.05, 0) is 18.2 Å². The number of carbonyl (C=O) groups excluding carboxylic acids is 1. The molecule has 2 rings (SSSR count). The third-order valence-electron chi connectivity index (χ3n) is 2.17. The fourth-order valence-corrected chi connectivity index (χ4v) is 1.55. The first kappa shape index (κ1) is 11.9. The summed E-state index contributed by atoms with van der Waals surface area (Å²) in [6.45, 7) is 0. The molecule has 0 radical (unpaired) electrons. The van der Waals surface area contributed by atoms with Crippen molar-refractivity contribution in [2.75, 3.05) is 0 Å². The maximum atomic E-state index is 12.2. The molecule has 6 heteroatoms. The van der Waals surface area contributed by atoms with E-state index < -0.39 is 17.5 Å². The molecular formula is C11H5ClF3NO. The van der Waals surface area contributed by atoms with Crippen LogP contribution in [0.4, 0.5) is 13.2 Å². The van der Waals surface area contributed by atoms with Crippen LogP contribution < -0.4 is 0 Å². The number of ketones is 1. The number of benzene rings is 1. The number of aromatic nitrogens is 1. The number of fused-ring (bicyclic) bond motifs is 1. The van der Waals surface area contributed by atoms with E-state index in [9.17, 15) is 18.0 Å². The highest BCUT2D eigenvalue weighted by molar-refractivity contribution is 6.31. The maximum absolute atomic E-state index is 12.2. The second kappa shape index (κ2) is 4.00. The fourth-order valence-electron chi connectivity index (χ4n) is 1.38. The summed E-state index contributed by atoms with van der Waals surface area (Å²) in [4.78, 5) is 14.8. The highest BCUT2D eigenvalue weighted by Crippen LogP contribution is 2.24. The molecule has 0 saturated heterocycles. The Bertz CT molecular complexity index is 595. The number of rotatable bonds is 1. The minimum Gasteiger partial charge on any atom is -0.284 e. The van der Waals surface area contributed by atoms with Gasteiger partial charge in [0.15, 0.2) is 0 Å². The van der Waals surface area contributed by atoms with Gasteiger partial charge >= 0.3 is 6.18 Å². The van der Waals surface area contributed by atoms with Crippen LogP contribution in [0.1, 0.15) is 10.4 Å². The van der Waals surface area contributed by atoms with E-state index in [-0.39, 0.29) is 0 Å². The third-order valence-corrected chi connectivity index (χ3v) is 2.40. The van der Waals surface area contributed by atoms with Gasteiger partial charge < -0.3 is 0 Å². The first-order valence-electron chi connectivity index (χ1n) is 4.55. The van der Waals surface area contributed by atoms with Crippen LogP contribution in [0.15, 0.2) is 30.5 Å². The first-order valence-corrected chi connectivity index (χ1v) is 4.92. The Labute approximate surface area is 99.0 Å². The number of nitrogens with zero attached hydrogens (tertiary/aromatic N) is 1. The molecule has 0 unspecified atom stereocenters. The lowest BCUT2D eigenvalue weighted by atomic mass is 10.1. The molecule has 0 bridgehead atoms. The van der Waals surface area contributed by atoms with E-state index in [4.69, 9.17) is 11.6 Å². The Morgan fingerprint density at radius 3 is 2.59 bits per heavy atom. The van der Waals surface area contributed by atoms with Gasteiger partial charge in [0.2, 0.25) is 0 Å². The Kier molecular flexibility index (Phi) is 2.79. The fraction of sp³-hybridized carbons (Fsp3) is 0.0909. The van der Waals surface area contributed by atoms with E-state index in [0.717, 1.165) is 12.3 Å². The molecule has 0 N–H and O–H groups in total. The molecule has 0 spiro atoms. The number of carbonyl (C=O) groups is 1. The Morgan fingerprint density at radius 1 is 1.24 bits per heavy atom. The van der Waals surface area contributed by atoms with E-state index in [0.29, 0.717) is 15.9 Å². The number of pyridine rings is 1. The lowest BCUT2D eigenvalue weighted by molar-refractivity contribution is -0.0885. The van der Waals surface area contributed by atoms with Gasteiger partial charge in [-0.25, -0.2) is 0 Å². The zero-order valence-electron chi connectivity index (χ0n) is 8.25. The summed E-state index contributed by atoms with van der Waals surface area (Å²) >= 11 is 5.71. The molecule has 88 valence electrons. The standard InChI is InChI=1S/C11H5ClF3NO/c12-8-2-1-6-3-7(5-16-9(6)4-8)10(17)11(13,14)15/h1-5H. The van der Waals surface area contributed by atoms with Crippen LogP contribution in [0.2, 0.25) is 5.02 Å². The Morgan fingerprint density at radius 2 is 1.94 bits per heavy atom. The summed E-state index contributed by atoms with van der Waals surface area (Å²) in [7, 11) is 0. The number of hydrogen-bond donors (Lipinski definition) is 0. The van der Waals surface area contributed by atoms with Crippen molar-refractivity contribution < 1.29 is 18.0 Å². The Hall–Kier alpha value is -1.62. The molecule has 0 amide bonds. The molecule has 2 nitrogen and oxygen atoms in total. The van der Waals surface area contributed by atoms with Crippen molar-refractivity contribution in [1.29, 1.82) is 0 Å². The molecule has 2 aromatic rings. The van der Waals surface area contributed by atoms with Crippen LogP contribution in [0.5, 0.6) is 0 Å². The quantitative estimate of drug-likeness (QED) is 0.732. The number of alkyl halides is 3. The summed E-state index contributed by atoms with van der Waals surface area (Å²) in [5.74, 6) is -1.90. The van der Waals surface area contributed by atoms with Crippen molar-refractivity contribution >= 4 is 28.3 Å². The highest BCUT2D eigenvalue weighted by Gasteiger charge is 2.39. The lowest BCUT2D eigenvalue weighted by Gasteiger charge is -2.05. The Balaban J connectivity index is 2.52. The van der Waals surface area contributed by atoms with Gasteiger partial charge in [0.05, 0.1) is 5.52 Å². The van der Waals surface area contributed by atoms with Crippen LogP contribution in [0, 0.1) is 0 Å². The van der Waals surface area contributed by atoms with E-state index in [1.807, 2.05) is 0 Å². The van der Waals surface area contributed by atoms with Crippen molar-refractivity contribution in [1.82, 2.24) is 4.98 Å². The minimum atomic E-state index is -4.89. The molecule has 1 aromatic carbocycles. The van der Waals surface area contributed by atoms with Crippen molar-refractivity contribution in [3.8, 4) is 0 Å². The average Bonchev–Trinajstić information content (AvgIpc) is 2.26. The zero-order valence-corrected chi connectivity index (χ0v) is 9.01. The van der Waals surface area contributed by atoms with E-state index in [1.54, 1.807) is 0 Å². The SMILES string of the molecule is O=C(c1cnc2cc(Cl)ccc2c1)C(F)(F)F. The van der Waals surface area contributed by atoms with Gasteiger partial charge in [0.1, 0.15) is 0 Å². The van der Waals surface area contributed by atoms with E-state index in [2.05, 4.69) is 4.98 Å². The van der Waals surface area contributed by atoms with Gasteiger partial charge in [-0.1, -0.05) is 17.7 Å². The summed E-state index contributed by atoms with van der Waals surface area (Å²) in [6.07, 6.45) is -3.99. The average molecular weight is 260 g/mol. The van der Waals surface area contributed by atoms with Crippen LogP contribution >= 0.6 is 11.6 Å². The second-order valence-electron chi connectivity index (χ2n) is 3.39. The molecule has 17 heavy (non-hydrogen) atoms. The molecule has 1 aromatic heterocycles.